The molecule has 1 aliphatic rings. The molecule has 0 spiro atoms. The van der Waals surface area contributed by atoms with Gasteiger partial charge in [-0.2, -0.15) is 0 Å². The number of benzene rings is 1. The molecular weight excluding hydrogens is 308 g/mol. The fourth-order valence-corrected chi connectivity index (χ4v) is 5.06. The molecule has 1 fully saturated rings. The van der Waals surface area contributed by atoms with Crippen LogP contribution in [-0.2, 0) is 9.84 Å². The Labute approximate surface area is 132 Å². The van der Waals surface area contributed by atoms with Crippen molar-refractivity contribution in [3.05, 3.63) is 29.3 Å². The summed E-state index contributed by atoms with van der Waals surface area (Å²) >= 11 is 5.82. The highest BCUT2D eigenvalue weighted by molar-refractivity contribution is 7.92. The zero-order valence-corrected chi connectivity index (χ0v) is 14.3. The van der Waals surface area contributed by atoms with Crippen molar-refractivity contribution in [2.24, 2.45) is 11.3 Å². The fraction of sp³-hybridized carbons (Fsp3) is 0.625. The molecule has 0 bridgehead atoms. The Kier molecular flexibility index (Phi) is 4.72. The summed E-state index contributed by atoms with van der Waals surface area (Å²) in [6.45, 7) is 6.38. The second-order valence-corrected chi connectivity index (χ2v) is 9.58. The van der Waals surface area contributed by atoms with Gasteiger partial charge in [-0.3, -0.25) is 0 Å². The first-order valence-electron chi connectivity index (χ1n) is 7.30. The SMILES string of the molecule is CC(C)(C)C1CCC(O)C(S(=O)(=O)c2ccc(Cl)cc2)C1. The molecule has 0 heterocycles. The smallest absolute Gasteiger partial charge is 0.183 e. The normalized spacial score (nSPS) is 27.6. The lowest BCUT2D eigenvalue weighted by Gasteiger charge is -2.39. The van der Waals surface area contributed by atoms with E-state index in [1.807, 2.05) is 0 Å². The summed E-state index contributed by atoms with van der Waals surface area (Å²) < 4.78 is 25.6. The fourth-order valence-electron chi connectivity index (χ4n) is 3.03. The number of hydrogen-bond donors (Lipinski definition) is 1. The van der Waals surface area contributed by atoms with Crippen LogP contribution in [0.4, 0.5) is 0 Å². The van der Waals surface area contributed by atoms with Crippen molar-refractivity contribution in [2.45, 2.75) is 56.3 Å². The van der Waals surface area contributed by atoms with E-state index in [9.17, 15) is 13.5 Å². The predicted octanol–water partition coefficient (Wildman–Crippen LogP) is 3.69. The van der Waals surface area contributed by atoms with Crippen LogP contribution in [0.2, 0.25) is 5.02 Å². The minimum absolute atomic E-state index is 0.0495. The Balaban J connectivity index is 2.31. The summed E-state index contributed by atoms with van der Waals surface area (Å²) in [5, 5.41) is 9.98. The van der Waals surface area contributed by atoms with Gasteiger partial charge >= 0.3 is 0 Å². The van der Waals surface area contributed by atoms with Gasteiger partial charge in [-0.05, 0) is 54.9 Å². The van der Waals surface area contributed by atoms with Gasteiger partial charge in [-0.25, -0.2) is 8.42 Å². The number of aliphatic hydroxyl groups excluding tert-OH is 1. The summed E-state index contributed by atoms with van der Waals surface area (Å²) in [5.41, 5.74) is 0.0495. The van der Waals surface area contributed by atoms with Crippen LogP contribution in [0.25, 0.3) is 0 Å². The predicted molar refractivity (Wildman–Crippen MR) is 85.2 cm³/mol. The average Bonchev–Trinajstić information content (AvgIpc) is 2.38. The van der Waals surface area contributed by atoms with Crippen molar-refractivity contribution in [3.63, 3.8) is 0 Å². The van der Waals surface area contributed by atoms with E-state index in [1.165, 1.54) is 12.1 Å². The van der Waals surface area contributed by atoms with Gasteiger partial charge in [0.1, 0.15) is 0 Å². The first-order valence-corrected chi connectivity index (χ1v) is 9.22. The van der Waals surface area contributed by atoms with Crippen LogP contribution >= 0.6 is 11.6 Å². The molecule has 3 atom stereocenters. The molecule has 0 saturated heterocycles. The van der Waals surface area contributed by atoms with E-state index in [-0.39, 0.29) is 10.3 Å². The Bertz CT molecular complexity index is 587. The lowest BCUT2D eigenvalue weighted by Crippen LogP contribution is -2.42. The number of rotatable bonds is 2. The number of hydrogen-bond acceptors (Lipinski definition) is 3. The molecule has 21 heavy (non-hydrogen) atoms. The maximum atomic E-state index is 12.8. The van der Waals surface area contributed by atoms with E-state index in [0.29, 0.717) is 23.8 Å². The highest BCUT2D eigenvalue weighted by Crippen LogP contribution is 2.41. The second kappa shape index (κ2) is 5.90. The van der Waals surface area contributed by atoms with Crippen molar-refractivity contribution in [1.29, 1.82) is 0 Å². The molecule has 1 aromatic carbocycles. The molecule has 0 aliphatic heterocycles. The molecule has 2 rings (SSSR count). The Morgan fingerprint density at radius 2 is 1.71 bits per heavy atom. The quantitative estimate of drug-likeness (QED) is 0.899. The second-order valence-electron chi connectivity index (χ2n) is 6.98. The van der Waals surface area contributed by atoms with Gasteiger partial charge in [-0.15, -0.1) is 0 Å². The van der Waals surface area contributed by atoms with Gasteiger partial charge in [-0.1, -0.05) is 32.4 Å². The van der Waals surface area contributed by atoms with E-state index in [2.05, 4.69) is 20.8 Å². The summed E-state index contributed by atoms with van der Waals surface area (Å²) in [5.74, 6) is 0.299. The van der Waals surface area contributed by atoms with Crippen LogP contribution in [0.5, 0.6) is 0 Å². The molecule has 1 aromatic rings. The molecule has 0 aromatic heterocycles. The van der Waals surface area contributed by atoms with Gasteiger partial charge in [0.05, 0.1) is 16.2 Å². The Hall–Kier alpha value is -0.580. The number of halogens is 1. The van der Waals surface area contributed by atoms with Crippen LogP contribution in [0, 0.1) is 11.3 Å². The summed E-state index contributed by atoms with van der Waals surface area (Å²) in [4.78, 5) is 0.241. The highest BCUT2D eigenvalue weighted by atomic mass is 35.5. The van der Waals surface area contributed by atoms with Gasteiger partial charge in [0.25, 0.3) is 0 Å². The van der Waals surface area contributed by atoms with Crippen molar-refractivity contribution in [1.82, 2.24) is 0 Å². The van der Waals surface area contributed by atoms with E-state index < -0.39 is 21.2 Å². The molecule has 0 amide bonds. The topological polar surface area (TPSA) is 54.4 Å². The average molecular weight is 331 g/mol. The van der Waals surface area contributed by atoms with E-state index >= 15 is 0 Å². The third-order valence-corrected chi connectivity index (χ3v) is 7.01. The molecule has 1 saturated carbocycles. The van der Waals surface area contributed by atoms with Crippen LogP contribution in [0.3, 0.4) is 0 Å². The number of aliphatic hydroxyl groups is 1. The molecular formula is C16H23ClO3S. The third-order valence-electron chi connectivity index (χ3n) is 4.52. The minimum Gasteiger partial charge on any atom is -0.392 e. The summed E-state index contributed by atoms with van der Waals surface area (Å²) in [7, 11) is -3.53. The highest BCUT2D eigenvalue weighted by Gasteiger charge is 2.42. The molecule has 118 valence electrons. The molecule has 0 radical (unpaired) electrons. The Morgan fingerprint density at radius 1 is 1.14 bits per heavy atom. The van der Waals surface area contributed by atoms with Gasteiger partial charge in [0.2, 0.25) is 0 Å². The maximum absolute atomic E-state index is 12.8. The van der Waals surface area contributed by atoms with Crippen LogP contribution in [0.15, 0.2) is 29.2 Å². The molecule has 1 N–H and O–H groups in total. The maximum Gasteiger partial charge on any atom is 0.183 e. The summed E-state index contributed by atoms with van der Waals surface area (Å²) in [6, 6.07) is 6.19. The van der Waals surface area contributed by atoms with E-state index in [1.54, 1.807) is 12.1 Å². The monoisotopic (exact) mass is 330 g/mol. The van der Waals surface area contributed by atoms with Crippen molar-refractivity contribution in [3.8, 4) is 0 Å². The van der Waals surface area contributed by atoms with Crippen molar-refractivity contribution in [2.75, 3.05) is 0 Å². The zero-order chi connectivity index (χ0) is 15.8. The number of sulfone groups is 1. The molecule has 5 heteroatoms. The van der Waals surface area contributed by atoms with E-state index in [0.717, 1.165) is 6.42 Å². The van der Waals surface area contributed by atoms with Crippen molar-refractivity contribution >= 4 is 21.4 Å². The van der Waals surface area contributed by atoms with Crippen LogP contribution in [0.1, 0.15) is 40.0 Å². The zero-order valence-electron chi connectivity index (χ0n) is 12.7. The Morgan fingerprint density at radius 3 is 2.24 bits per heavy atom. The standard InChI is InChI=1S/C16H23ClO3S/c1-16(2,3)11-4-9-14(18)15(10-11)21(19,20)13-7-5-12(17)6-8-13/h5-8,11,14-15,18H,4,9-10H2,1-3H3. The van der Waals surface area contributed by atoms with E-state index in [4.69, 9.17) is 11.6 Å². The molecule has 3 unspecified atom stereocenters. The molecule has 1 aliphatic carbocycles. The minimum atomic E-state index is -3.53. The largest absolute Gasteiger partial charge is 0.392 e. The van der Waals surface area contributed by atoms with Gasteiger partial charge in [0.15, 0.2) is 9.84 Å². The lowest BCUT2D eigenvalue weighted by molar-refractivity contribution is 0.0757. The van der Waals surface area contributed by atoms with Gasteiger partial charge in [0, 0.05) is 5.02 Å². The lowest BCUT2D eigenvalue weighted by atomic mass is 9.71. The first-order chi connectivity index (χ1) is 9.62. The molecule has 3 nitrogen and oxygen atoms in total. The van der Waals surface area contributed by atoms with Crippen LogP contribution < -0.4 is 0 Å². The van der Waals surface area contributed by atoms with Crippen LogP contribution in [-0.4, -0.2) is 24.9 Å². The third kappa shape index (κ3) is 3.61. The van der Waals surface area contributed by atoms with Gasteiger partial charge < -0.3 is 5.11 Å². The summed E-state index contributed by atoms with van der Waals surface area (Å²) in [6.07, 6.45) is 1.14. The van der Waals surface area contributed by atoms with Crippen molar-refractivity contribution < 1.29 is 13.5 Å². The first kappa shape index (κ1) is 16.8.